The molecule has 1 heterocycles. The summed E-state index contributed by atoms with van der Waals surface area (Å²) in [5.41, 5.74) is 3.35. The Hall–Kier alpha value is -2.47. The summed E-state index contributed by atoms with van der Waals surface area (Å²) in [4.78, 5) is 0. The first-order chi connectivity index (χ1) is 12.1. The lowest BCUT2D eigenvalue weighted by Gasteiger charge is -2.12. The number of hydrogen-bond donors (Lipinski definition) is 0. The number of aromatic nitrogens is 3. The van der Waals surface area contributed by atoms with E-state index in [-0.39, 0.29) is 0 Å². The number of hydrogen-bond acceptors (Lipinski definition) is 5. The molecule has 25 heavy (non-hydrogen) atoms. The fourth-order valence-electron chi connectivity index (χ4n) is 2.67. The summed E-state index contributed by atoms with van der Waals surface area (Å²) < 4.78 is 12.9. The van der Waals surface area contributed by atoms with Gasteiger partial charge in [-0.2, -0.15) is 0 Å². The Morgan fingerprint density at radius 3 is 2.52 bits per heavy atom. The maximum Gasteiger partial charge on any atom is 0.196 e. The van der Waals surface area contributed by atoms with Crippen LogP contribution in [0, 0.1) is 13.8 Å². The second-order valence-electron chi connectivity index (χ2n) is 5.62. The van der Waals surface area contributed by atoms with Crippen molar-refractivity contribution < 1.29 is 9.47 Å². The summed E-state index contributed by atoms with van der Waals surface area (Å²) in [6.07, 6.45) is 0. The molecule has 6 heteroatoms. The molecular weight excluding hydrogens is 334 g/mol. The van der Waals surface area contributed by atoms with E-state index in [1.807, 2.05) is 37.3 Å². The van der Waals surface area contributed by atoms with E-state index in [1.54, 1.807) is 26.0 Å². The standard InChI is InChI=1S/C19H21N3O2S/c1-13-7-5-6-8-17(13)22-14(2)20-21-19(22)25-12-15-11-16(23-3)9-10-18(15)24-4/h5-11H,12H2,1-4H3. The molecule has 0 amide bonds. The SMILES string of the molecule is COc1ccc(OC)c(CSc2nnc(C)n2-c2ccccc2C)c1. The molecular formula is C19H21N3O2S. The Morgan fingerprint density at radius 2 is 1.80 bits per heavy atom. The molecule has 2 aromatic carbocycles. The summed E-state index contributed by atoms with van der Waals surface area (Å²) in [6.45, 7) is 4.06. The average molecular weight is 355 g/mol. The first-order valence-corrected chi connectivity index (χ1v) is 8.94. The molecule has 0 aliphatic carbocycles. The van der Waals surface area contributed by atoms with Crippen LogP contribution in [-0.4, -0.2) is 29.0 Å². The van der Waals surface area contributed by atoms with Crippen LogP contribution in [0.25, 0.3) is 5.69 Å². The van der Waals surface area contributed by atoms with Crippen LogP contribution in [-0.2, 0) is 5.75 Å². The molecule has 3 aromatic rings. The summed E-state index contributed by atoms with van der Waals surface area (Å²) in [5, 5.41) is 9.47. The molecule has 0 aliphatic heterocycles. The van der Waals surface area contributed by atoms with Gasteiger partial charge in [-0.1, -0.05) is 30.0 Å². The molecule has 0 saturated carbocycles. The van der Waals surface area contributed by atoms with Gasteiger partial charge in [0.15, 0.2) is 5.16 Å². The maximum atomic E-state index is 5.46. The number of thioether (sulfide) groups is 1. The van der Waals surface area contributed by atoms with Crippen molar-refractivity contribution in [3.63, 3.8) is 0 Å². The van der Waals surface area contributed by atoms with E-state index in [2.05, 4.69) is 33.8 Å². The molecule has 0 radical (unpaired) electrons. The van der Waals surface area contributed by atoms with E-state index in [9.17, 15) is 0 Å². The highest BCUT2D eigenvalue weighted by molar-refractivity contribution is 7.98. The highest BCUT2D eigenvalue weighted by Crippen LogP contribution is 2.31. The van der Waals surface area contributed by atoms with E-state index in [0.29, 0.717) is 5.75 Å². The number of benzene rings is 2. The van der Waals surface area contributed by atoms with Crippen molar-refractivity contribution in [3.8, 4) is 17.2 Å². The molecule has 5 nitrogen and oxygen atoms in total. The normalized spacial score (nSPS) is 10.7. The van der Waals surface area contributed by atoms with Crippen LogP contribution < -0.4 is 9.47 Å². The third-order valence-electron chi connectivity index (χ3n) is 4.00. The van der Waals surface area contributed by atoms with Crippen molar-refractivity contribution in [1.29, 1.82) is 0 Å². The lowest BCUT2D eigenvalue weighted by Crippen LogP contribution is -2.01. The van der Waals surface area contributed by atoms with Crippen LogP contribution in [0.3, 0.4) is 0 Å². The van der Waals surface area contributed by atoms with Crippen molar-refractivity contribution in [2.75, 3.05) is 14.2 Å². The van der Waals surface area contributed by atoms with Crippen LogP contribution in [0.5, 0.6) is 11.5 Å². The molecule has 3 rings (SSSR count). The van der Waals surface area contributed by atoms with Crippen molar-refractivity contribution in [2.24, 2.45) is 0 Å². The monoisotopic (exact) mass is 355 g/mol. The number of ether oxygens (including phenoxy) is 2. The minimum atomic E-state index is 0.713. The number of para-hydroxylation sites is 1. The molecule has 0 unspecified atom stereocenters. The number of rotatable bonds is 6. The lowest BCUT2D eigenvalue weighted by molar-refractivity contribution is 0.400. The largest absolute Gasteiger partial charge is 0.497 e. The maximum absolute atomic E-state index is 5.46. The van der Waals surface area contributed by atoms with Crippen molar-refractivity contribution in [3.05, 3.63) is 59.4 Å². The Balaban J connectivity index is 1.90. The molecule has 0 N–H and O–H groups in total. The third-order valence-corrected chi connectivity index (χ3v) is 4.97. The van der Waals surface area contributed by atoms with Gasteiger partial charge < -0.3 is 9.47 Å². The Bertz CT molecular complexity index is 877. The van der Waals surface area contributed by atoms with Gasteiger partial charge in [-0.05, 0) is 43.7 Å². The van der Waals surface area contributed by atoms with Crippen LogP contribution >= 0.6 is 11.8 Å². The number of nitrogens with zero attached hydrogens (tertiary/aromatic N) is 3. The first-order valence-electron chi connectivity index (χ1n) is 7.95. The van der Waals surface area contributed by atoms with Crippen molar-refractivity contribution in [1.82, 2.24) is 14.8 Å². The van der Waals surface area contributed by atoms with Gasteiger partial charge in [0.05, 0.1) is 19.9 Å². The van der Waals surface area contributed by atoms with E-state index in [4.69, 9.17) is 9.47 Å². The van der Waals surface area contributed by atoms with Crippen molar-refractivity contribution >= 4 is 11.8 Å². The molecule has 0 spiro atoms. The molecule has 1 aromatic heterocycles. The van der Waals surface area contributed by atoms with Crippen LogP contribution in [0.2, 0.25) is 0 Å². The summed E-state index contributed by atoms with van der Waals surface area (Å²) in [7, 11) is 3.34. The van der Waals surface area contributed by atoms with Gasteiger partial charge in [-0.15, -0.1) is 10.2 Å². The second kappa shape index (κ2) is 7.61. The van der Waals surface area contributed by atoms with Gasteiger partial charge in [-0.25, -0.2) is 0 Å². The number of aryl methyl sites for hydroxylation is 2. The predicted molar refractivity (Wildman–Crippen MR) is 99.9 cm³/mol. The highest BCUT2D eigenvalue weighted by atomic mass is 32.2. The number of methoxy groups -OCH3 is 2. The minimum Gasteiger partial charge on any atom is -0.497 e. The lowest BCUT2D eigenvalue weighted by atomic mass is 10.2. The van der Waals surface area contributed by atoms with Crippen LogP contribution in [0.4, 0.5) is 0 Å². The third kappa shape index (κ3) is 3.64. The predicted octanol–water partition coefficient (Wildman–Crippen LogP) is 4.19. The van der Waals surface area contributed by atoms with Gasteiger partial charge in [0.2, 0.25) is 0 Å². The van der Waals surface area contributed by atoms with Gasteiger partial charge in [-0.3, -0.25) is 4.57 Å². The summed E-state index contributed by atoms with van der Waals surface area (Å²) >= 11 is 1.63. The van der Waals surface area contributed by atoms with Crippen LogP contribution in [0.15, 0.2) is 47.6 Å². The molecule has 0 aliphatic rings. The molecule has 0 bridgehead atoms. The van der Waals surface area contributed by atoms with E-state index < -0.39 is 0 Å². The quantitative estimate of drug-likeness (QED) is 0.621. The van der Waals surface area contributed by atoms with Gasteiger partial charge in [0.25, 0.3) is 0 Å². The molecule has 0 saturated heterocycles. The van der Waals surface area contributed by atoms with Gasteiger partial charge >= 0.3 is 0 Å². The molecule has 130 valence electrons. The zero-order valence-electron chi connectivity index (χ0n) is 14.8. The fraction of sp³-hybridized carbons (Fsp3) is 0.263. The first kappa shape index (κ1) is 17.4. The van der Waals surface area contributed by atoms with E-state index in [1.165, 1.54) is 5.56 Å². The molecule has 0 atom stereocenters. The Morgan fingerprint density at radius 1 is 1.00 bits per heavy atom. The average Bonchev–Trinajstić information content (AvgIpc) is 3.00. The smallest absolute Gasteiger partial charge is 0.196 e. The highest BCUT2D eigenvalue weighted by Gasteiger charge is 2.14. The van der Waals surface area contributed by atoms with Crippen LogP contribution in [0.1, 0.15) is 17.0 Å². The van der Waals surface area contributed by atoms with E-state index in [0.717, 1.165) is 33.7 Å². The van der Waals surface area contributed by atoms with Gasteiger partial charge in [0, 0.05) is 11.3 Å². The minimum absolute atomic E-state index is 0.713. The fourth-order valence-corrected chi connectivity index (χ4v) is 3.63. The topological polar surface area (TPSA) is 49.2 Å². The van der Waals surface area contributed by atoms with Gasteiger partial charge in [0.1, 0.15) is 17.3 Å². The zero-order chi connectivity index (χ0) is 17.8. The second-order valence-corrected chi connectivity index (χ2v) is 6.56. The Labute approximate surface area is 152 Å². The van der Waals surface area contributed by atoms with Crippen molar-refractivity contribution in [2.45, 2.75) is 24.8 Å². The summed E-state index contributed by atoms with van der Waals surface area (Å²) in [5.74, 6) is 3.24. The Kier molecular flexibility index (Phi) is 5.28. The van der Waals surface area contributed by atoms with E-state index >= 15 is 0 Å². The molecule has 0 fully saturated rings. The zero-order valence-corrected chi connectivity index (χ0v) is 15.6. The summed E-state index contributed by atoms with van der Waals surface area (Å²) in [6, 6.07) is 14.1.